The molecule has 0 aliphatic carbocycles. The Morgan fingerprint density at radius 3 is 2.43 bits per heavy atom. The Morgan fingerprint density at radius 2 is 1.91 bits per heavy atom. The van der Waals surface area contributed by atoms with Gasteiger partial charge >= 0.3 is 0 Å². The van der Waals surface area contributed by atoms with Crippen molar-refractivity contribution in [1.29, 1.82) is 0 Å². The minimum Gasteiger partial charge on any atom is -0.368 e. The zero-order valence-corrected chi connectivity index (χ0v) is 14.3. The van der Waals surface area contributed by atoms with E-state index in [9.17, 15) is 13.2 Å². The zero-order chi connectivity index (χ0) is 16.9. The van der Waals surface area contributed by atoms with Gasteiger partial charge in [-0.25, -0.2) is 13.1 Å². The maximum Gasteiger partial charge on any atom is 0.239 e. The number of hydrogen-bond donors (Lipinski definition) is 2. The number of sulfonamides is 1. The highest BCUT2D eigenvalue weighted by atomic mass is 32.2. The number of piperidine rings is 1. The molecule has 1 saturated heterocycles. The lowest BCUT2D eigenvalue weighted by Gasteiger charge is -2.36. The van der Waals surface area contributed by atoms with Crippen LogP contribution in [0.5, 0.6) is 0 Å². The van der Waals surface area contributed by atoms with E-state index >= 15 is 0 Å². The van der Waals surface area contributed by atoms with Crippen molar-refractivity contribution in [2.75, 3.05) is 18.8 Å². The van der Waals surface area contributed by atoms with Gasteiger partial charge < -0.3 is 5.73 Å². The molecule has 23 heavy (non-hydrogen) atoms. The molecule has 6 nitrogen and oxygen atoms in total. The van der Waals surface area contributed by atoms with Crippen LogP contribution in [0, 0.1) is 0 Å². The number of nitrogens with one attached hydrogen (secondary N) is 1. The average molecular weight is 339 g/mol. The number of nitrogens with zero attached hydrogens (tertiary/aromatic N) is 1. The summed E-state index contributed by atoms with van der Waals surface area (Å²) in [6, 6.07) is 8.94. The van der Waals surface area contributed by atoms with Crippen molar-refractivity contribution >= 4 is 15.9 Å². The lowest BCUT2D eigenvalue weighted by atomic mass is 9.99. The highest BCUT2D eigenvalue weighted by Gasteiger charge is 2.30. The number of hydrogen-bond acceptors (Lipinski definition) is 4. The van der Waals surface area contributed by atoms with Crippen molar-refractivity contribution in [3.63, 3.8) is 0 Å². The Hall–Kier alpha value is -1.44. The van der Waals surface area contributed by atoms with Crippen molar-refractivity contribution in [3.05, 3.63) is 35.9 Å². The van der Waals surface area contributed by atoms with Crippen LogP contribution in [0.1, 0.15) is 37.8 Å². The van der Waals surface area contributed by atoms with Gasteiger partial charge in [-0.3, -0.25) is 9.69 Å². The van der Waals surface area contributed by atoms with Crippen LogP contribution in [-0.2, 0) is 14.8 Å². The molecule has 1 aromatic carbocycles. The highest BCUT2D eigenvalue weighted by Crippen LogP contribution is 2.24. The largest absolute Gasteiger partial charge is 0.368 e. The quantitative estimate of drug-likeness (QED) is 0.775. The number of rotatable bonds is 7. The molecule has 1 fully saturated rings. The van der Waals surface area contributed by atoms with Gasteiger partial charge in [-0.2, -0.15) is 0 Å². The molecular formula is C16H25N3O3S. The van der Waals surface area contributed by atoms with E-state index in [0.29, 0.717) is 32.4 Å². The van der Waals surface area contributed by atoms with Crippen LogP contribution < -0.4 is 10.5 Å². The van der Waals surface area contributed by atoms with Crippen LogP contribution in [0.15, 0.2) is 30.3 Å². The van der Waals surface area contributed by atoms with Gasteiger partial charge in [-0.05, 0) is 24.8 Å². The van der Waals surface area contributed by atoms with Crippen molar-refractivity contribution in [3.8, 4) is 0 Å². The van der Waals surface area contributed by atoms with Crippen molar-refractivity contribution in [1.82, 2.24) is 9.62 Å². The second-order valence-electron chi connectivity index (χ2n) is 5.96. The van der Waals surface area contributed by atoms with Crippen molar-refractivity contribution in [2.24, 2.45) is 5.73 Å². The molecular weight excluding hydrogens is 314 g/mol. The summed E-state index contributed by atoms with van der Waals surface area (Å²) in [5.74, 6) is -0.220. The molecule has 2 rings (SSSR count). The molecule has 1 heterocycles. The van der Waals surface area contributed by atoms with Crippen molar-refractivity contribution in [2.45, 2.75) is 38.3 Å². The van der Waals surface area contributed by atoms with E-state index in [1.54, 1.807) is 0 Å². The summed E-state index contributed by atoms with van der Waals surface area (Å²) in [6.45, 7) is 3.13. The maximum atomic E-state index is 11.9. The average Bonchev–Trinajstić information content (AvgIpc) is 2.49. The summed E-state index contributed by atoms with van der Waals surface area (Å²) in [4.78, 5) is 13.9. The Labute approximate surface area is 138 Å². The monoisotopic (exact) mass is 339 g/mol. The van der Waals surface area contributed by atoms with Crippen molar-refractivity contribution < 1.29 is 13.2 Å². The summed E-state index contributed by atoms with van der Waals surface area (Å²) >= 11 is 0. The molecule has 1 atom stereocenters. The van der Waals surface area contributed by atoms with E-state index < -0.39 is 16.1 Å². The lowest BCUT2D eigenvalue weighted by Crippen LogP contribution is -2.48. The third-order valence-electron chi connectivity index (χ3n) is 4.10. The van der Waals surface area contributed by atoms with E-state index in [4.69, 9.17) is 5.73 Å². The third kappa shape index (κ3) is 5.02. The van der Waals surface area contributed by atoms with Gasteiger partial charge in [-0.1, -0.05) is 37.3 Å². The number of carbonyl (C=O) groups excluding carboxylic acids is 1. The SMILES string of the molecule is CCCS(=O)(=O)NC1CCN([C@H](C(N)=O)c2ccccc2)CC1. The van der Waals surface area contributed by atoms with Gasteiger partial charge in [-0.15, -0.1) is 0 Å². The molecule has 0 unspecified atom stereocenters. The van der Waals surface area contributed by atoms with E-state index in [1.807, 2.05) is 42.2 Å². The first kappa shape index (κ1) is 17.9. The summed E-state index contributed by atoms with van der Waals surface area (Å²) in [6.07, 6.45) is 1.96. The van der Waals surface area contributed by atoms with Crippen LogP contribution in [-0.4, -0.2) is 44.1 Å². The topological polar surface area (TPSA) is 92.5 Å². The molecule has 7 heteroatoms. The van der Waals surface area contributed by atoms with E-state index in [-0.39, 0.29) is 17.7 Å². The Morgan fingerprint density at radius 1 is 1.30 bits per heavy atom. The third-order valence-corrected chi connectivity index (χ3v) is 5.74. The fraction of sp³-hybridized carbons (Fsp3) is 0.562. The van der Waals surface area contributed by atoms with Crippen LogP contribution in [0.4, 0.5) is 0 Å². The fourth-order valence-electron chi connectivity index (χ4n) is 3.05. The maximum absolute atomic E-state index is 11.9. The highest BCUT2D eigenvalue weighted by molar-refractivity contribution is 7.89. The summed E-state index contributed by atoms with van der Waals surface area (Å²) < 4.78 is 26.4. The Bertz CT molecular complexity index is 611. The van der Waals surface area contributed by atoms with Crippen LogP contribution in [0.25, 0.3) is 0 Å². The minimum atomic E-state index is -3.20. The fourth-order valence-corrected chi connectivity index (χ4v) is 4.45. The standard InChI is InChI=1S/C16H25N3O3S/c1-2-12-23(21,22)18-14-8-10-19(11-9-14)15(16(17)20)13-6-4-3-5-7-13/h3-7,14-15,18H,2,8-12H2,1H3,(H2,17,20)/t15-/m0/s1. The second-order valence-corrected chi connectivity index (χ2v) is 7.84. The van der Waals surface area contributed by atoms with E-state index in [0.717, 1.165) is 5.56 Å². The first-order valence-electron chi connectivity index (χ1n) is 8.01. The van der Waals surface area contributed by atoms with Gasteiger partial charge in [0.05, 0.1) is 5.75 Å². The van der Waals surface area contributed by atoms with Gasteiger partial charge in [0.15, 0.2) is 0 Å². The minimum absolute atomic E-state index is 0.0629. The normalized spacial score (nSPS) is 18.7. The first-order valence-corrected chi connectivity index (χ1v) is 9.66. The number of nitrogens with two attached hydrogens (primary N) is 1. The van der Waals surface area contributed by atoms with Crippen LogP contribution in [0.2, 0.25) is 0 Å². The smallest absolute Gasteiger partial charge is 0.239 e. The zero-order valence-electron chi connectivity index (χ0n) is 13.4. The summed E-state index contributed by atoms with van der Waals surface area (Å²) in [7, 11) is -3.20. The molecule has 1 aromatic rings. The predicted octanol–water partition coefficient (Wildman–Crippen LogP) is 1.01. The molecule has 0 radical (unpaired) electrons. The summed E-state index contributed by atoms with van der Waals surface area (Å²) in [5, 5.41) is 0. The molecule has 128 valence electrons. The number of benzene rings is 1. The lowest BCUT2D eigenvalue weighted by molar-refractivity contribution is -0.124. The molecule has 0 aromatic heterocycles. The number of carbonyl (C=O) groups is 1. The molecule has 3 N–H and O–H groups in total. The second kappa shape index (κ2) is 7.90. The molecule has 0 bridgehead atoms. The Balaban J connectivity index is 1.98. The van der Waals surface area contributed by atoms with Gasteiger partial charge in [0.2, 0.25) is 15.9 Å². The van der Waals surface area contributed by atoms with E-state index in [1.165, 1.54) is 0 Å². The van der Waals surface area contributed by atoms with Gasteiger partial charge in [0, 0.05) is 19.1 Å². The van der Waals surface area contributed by atoms with Crippen LogP contribution in [0.3, 0.4) is 0 Å². The number of amides is 1. The van der Waals surface area contributed by atoms with E-state index in [2.05, 4.69) is 4.72 Å². The first-order chi connectivity index (χ1) is 10.9. The van der Waals surface area contributed by atoms with Gasteiger partial charge in [0.25, 0.3) is 0 Å². The molecule has 1 aliphatic heterocycles. The summed E-state index contributed by atoms with van der Waals surface area (Å²) in [5.41, 5.74) is 6.46. The molecule has 0 spiro atoms. The molecule has 1 amide bonds. The predicted molar refractivity (Wildman–Crippen MR) is 90.2 cm³/mol. The number of primary amides is 1. The van der Waals surface area contributed by atoms with Crippen LogP contribution >= 0.6 is 0 Å². The Kier molecular flexibility index (Phi) is 6.15. The van der Waals surface area contributed by atoms with Gasteiger partial charge in [0.1, 0.15) is 6.04 Å². The molecule has 1 aliphatic rings. The number of likely N-dealkylation sites (tertiary alicyclic amines) is 1. The molecule has 0 saturated carbocycles.